The van der Waals surface area contributed by atoms with Gasteiger partial charge in [0.1, 0.15) is 17.2 Å². The van der Waals surface area contributed by atoms with E-state index in [-0.39, 0.29) is 24.7 Å². The maximum Gasteiger partial charge on any atom is 0.157 e. The van der Waals surface area contributed by atoms with Crippen molar-refractivity contribution in [2.45, 2.75) is 23.3 Å². The molecule has 1 N–H and O–H groups in total. The summed E-state index contributed by atoms with van der Waals surface area (Å²) in [6.45, 7) is 0.210. The van der Waals surface area contributed by atoms with Crippen LogP contribution in [0.5, 0.6) is 0 Å². The number of hydrogen-bond acceptors (Lipinski definition) is 4. The normalized spacial score (nSPS) is 16.7. The molecule has 0 amide bonds. The van der Waals surface area contributed by atoms with Crippen molar-refractivity contribution in [3.8, 4) is 0 Å². The van der Waals surface area contributed by atoms with Gasteiger partial charge in [-0.2, -0.15) is 0 Å². The predicted octanol–water partition coefficient (Wildman–Crippen LogP) is 5.11. The van der Waals surface area contributed by atoms with Crippen molar-refractivity contribution in [2.75, 3.05) is 18.8 Å². The Morgan fingerprint density at radius 3 is 2.24 bits per heavy atom. The van der Waals surface area contributed by atoms with Gasteiger partial charge < -0.3 is 5.11 Å². The monoisotopic (exact) mass is 525 g/mol. The van der Waals surface area contributed by atoms with Gasteiger partial charge in [-0.15, -0.1) is 11.6 Å². The molecule has 4 rings (SSSR count). The van der Waals surface area contributed by atoms with E-state index in [0.29, 0.717) is 17.0 Å². The fraction of sp³-hybridized carbons (Fsp3) is 0.280. The Kier molecular flexibility index (Phi) is 7.31. The van der Waals surface area contributed by atoms with Crippen LogP contribution in [0.25, 0.3) is 0 Å². The first-order chi connectivity index (χ1) is 16.1. The fourth-order valence-corrected chi connectivity index (χ4v) is 6.69. The van der Waals surface area contributed by atoms with Crippen LogP contribution in [0.4, 0.5) is 8.78 Å². The van der Waals surface area contributed by atoms with Gasteiger partial charge in [0.05, 0.1) is 17.5 Å². The molecule has 1 heterocycles. The van der Waals surface area contributed by atoms with Crippen LogP contribution in [0.3, 0.4) is 0 Å². The SMILES string of the molecule is O=S(=O)(Cc1cc(F)cc(F)c1)CC1(O)CN([C@H](c2ccc(Cl)cc2)c2ccccc2CCl)C1. The lowest BCUT2D eigenvalue weighted by Crippen LogP contribution is -2.65. The van der Waals surface area contributed by atoms with E-state index in [1.807, 2.05) is 41.3 Å². The zero-order chi connectivity index (χ0) is 24.5. The minimum atomic E-state index is -3.83. The zero-order valence-corrected chi connectivity index (χ0v) is 20.4. The summed E-state index contributed by atoms with van der Waals surface area (Å²) in [4.78, 5) is 1.98. The summed E-state index contributed by atoms with van der Waals surface area (Å²) in [5.41, 5.74) is 1.35. The summed E-state index contributed by atoms with van der Waals surface area (Å²) in [7, 11) is -3.83. The molecule has 3 aromatic carbocycles. The fourth-order valence-electron chi connectivity index (χ4n) is 4.55. The molecule has 9 heteroatoms. The Balaban J connectivity index is 1.54. The average molecular weight is 526 g/mol. The second-order valence-electron chi connectivity index (χ2n) is 8.73. The summed E-state index contributed by atoms with van der Waals surface area (Å²) in [5.74, 6) is -2.46. The Hall–Kier alpha value is -2.03. The van der Waals surface area contributed by atoms with Crippen molar-refractivity contribution in [3.63, 3.8) is 0 Å². The quantitative estimate of drug-likeness (QED) is 0.415. The summed E-state index contributed by atoms with van der Waals surface area (Å²) < 4.78 is 52.4. The molecule has 1 atom stereocenters. The van der Waals surface area contributed by atoms with Gasteiger partial charge in [-0.1, -0.05) is 48.0 Å². The molecule has 0 bridgehead atoms. The first-order valence-corrected chi connectivity index (χ1v) is 13.3. The second kappa shape index (κ2) is 9.91. The molecule has 34 heavy (non-hydrogen) atoms. The number of likely N-dealkylation sites (tertiary alicyclic amines) is 1. The van der Waals surface area contributed by atoms with E-state index in [9.17, 15) is 22.3 Å². The van der Waals surface area contributed by atoms with Crippen molar-refractivity contribution in [1.82, 2.24) is 4.90 Å². The van der Waals surface area contributed by atoms with Crippen molar-refractivity contribution in [1.29, 1.82) is 0 Å². The standard InChI is InChI=1S/C25H23Cl2F2NO3S/c26-12-19-3-1-2-4-23(19)24(18-5-7-20(27)8-6-18)30-14-25(31,15-30)16-34(32,33)13-17-9-21(28)11-22(29)10-17/h1-11,24,31H,12-16H2/t24-/m1/s1. The van der Waals surface area contributed by atoms with E-state index >= 15 is 0 Å². The van der Waals surface area contributed by atoms with Crippen molar-refractivity contribution in [3.05, 3.63) is 106 Å². The second-order valence-corrected chi connectivity index (χ2v) is 11.5. The first kappa shape index (κ1) is 25.1. The smallest absolute Gasteiger partial charge is 0.157 e. The molecule has 1 saturated heterocycles. The molecule has 0 spiro atoms. The third-order valence-corrected chi connectivity index (χ3v) is 8.13. The van der Waals surface area contributed by atoms with Gasteiger partial charge in [0, 0.05) is 30.1 Å². The lowest BCUT2D eigenvalue weighted by atomic mass is 9.87. The van der Waals surface area contributed by atoms with Crippen LogP contribution in [0.15, 0.2) is 66.7 Å². The highest BCUT2D eigenvalue weighted by molar-refractivity contribution is 7.90. The summed E-state index contributed by atoms with van der Waals surface area (Å²) >= 11 is 12.2. The molecular weight excluding hydrogens is 503 g/mol. The van der Waals surface area contributed by atoms with Gasteiger partial charge in [0.25, 0.3) is 0 Å². The van der Waals surface area contributed by atoms with Crippen LogP contribution in [0, 0.1) is 11.6 Å². The average Bonchev–Trinajstić information content (AvgIpc) is 2.73. The first-order valence-electron chi connectivity index (χ1n) is 10.6. The third-order valence-electron chi connectivity index (χ3n) is 5.84. The number of nitrogens with zero attached hydrogens (tertiary/aromatic N) is 1. The minimum Gasteiger partial charge on any atom is -0.386 e. The summed E-state index contributed by atoms with van der Waals surface area (Å²) in [5, 5.41) is 11.6. The van der Waals surface area contributed by atoms with Gasteiger partial charge in [-0.3, -0.25) is 4.90 Å². The van der Waals surface area contributed by atoms with E-state index in [2.05, 4.69) is 0 Å². The molecule has 1 fully saturated rings. The molecule has 0 radical (unpaired) electrons. The number of β-amino-alcohol motifs (C(OH)–C–C–N with tert-alkyl or cyclic N) is 1. The van der Waals surface area contributed by atoms with Gasteiger partial charge in [-0.25, -0.2) is 17.2 Å². The molecule has 4 nitrogen and oxygen atoms in total. The molecule has 1 aliphatic rings. The number of halogens is 4. The lowest BCUT2D eigenvalue weighted by Gasteiger charge is -2.50. The number of alkyl halides is 1. The Morgan fingerprint density at radius 1 is 1.00 bits per heavy atom. The maximum atomic E-state index is 13.5. The molecule has 0 aromatic heterocycles. The van der Waals surface area contributed by atoms with Crippen molar-refractivity contribution < 1.29 is 22.3 Å². The molecule has 0 unspecified atom stereocenters. The molecule has 0 aliphatic carbocycles. The summed E-state index contributed by atoms with van der Waals surface area (Å²) in [6, 6.07) is 17.4. The van der Waals surface area contributed by atoms with Crippen LogP contribution in [0.1, 0.15) is 28.3 Å². The van der Waals surface area contributed by atoms with E-state index < -0.39 is 38.6 Å². The number of rotatable bonds is 8. The van der Waals surface area contributed by atoms with Gasteiger partial charge in [0.15, 0.2) is 9.84 Å². The maximum absolute atomic E-state index is 13.5. The van der Waals surface area contributed by atoms with Gasteiger partial charge in [0.2, 0.25) is 0 Å². The van der Waals surface area contributed by atoms with Crippen molar-refractivity contribution >= 4 is 33.0 Å². The molecular formula is C25H23Cl2F2NO3S. The van der Waals surface area contributed by atoms with E-state index in [4.69, 9.17) is 23.2 Å². The topological polar surface area (TPSA) is 57.6 Å². The Morgan fingerprint density at radius 2 is 1.62 bits per heavy atom. The molecule has 0 saturated carbocycles. The Bertz CT molecular complexity index is 1260. The van der Waals surface area contributed by atoms with Crippen molar-refractivity contribution in [2.24, 2.45) is 0 Å². The number of sulfone groups is 1. The van der Waals surface area contributed by atoms with Gasteiger partial charge >= 0.3 is 0 Å². The molecule has 3 aromatic rings. The molecule has 1 aliphatic heterocycles. The van der Waals surface area contributed by atoms with Crippen LogP contribution >= 0.6 is 23.2 Å². The van der Waals surface area contributed by atoms with E-state index in [1.54, 1.807) is 12.1 Å². The molecule has 180 valence electrons. The Labute approximate surface area is 207 Å². The van der Waals surface area contributed by atoms with Crippen LogP contribution in [-0.4, -0.2) is 42.9 Å². The minimum absolute atomic E-state index is 0.00682. The highest BCUT2D eigenvalue weighted by atomic mass is 35.5. The zero-order valence-electron chi connectivity index (χ0n) is 18.1. The highest BCUT2D eigenvalue weighted by Crippen LogP contribution is 2.39. The van der Waals surface area contributed by atoms with Crippen LogP contribution in [0.2, 0.25) is 5.02 Å². The third kappa shape index (κ3) is 5.78. The van der Waals surface area contributed by atoms with Crippen LogP contribution < -0.4 is 0 Å². The van der Waals surface area contributed by atoms with Crippen LogP contribution in [-0.2, 0) is 21.5 Å². The van der Waals surface area contributed by atoms with E-state index in [1.165, 1.54) is 0 Å². The highest BCUT2D eigenvalue weighted by Gasteiger charge is 2.47. The summed E-state index contributed by atoms with van der Waals surface area (Å²) in [6.07, 6.45) is 0. The number of hydrogen-bond donors (Lipinski definition) is 1. The largest absolute Gasteiger partial charge is 0.386 e. The number of aliphatic hydroxyl groups is 1. The van der Waals surface area contributed by atoms with E-state index in [0.717, 1.165) is 28.8 Å². The predicted molar refractivity (Wildman–Crippen MR) is 130 cm³/mol. The number of benzene rings is 3. The van der Waals surface area contributed by atoms with Gasteiger partial charge in [-0.05, 0) is 46.5 Å². The lowest BCUT2D eigenvalue weighted by molar-refractivity contribution is -0.0938.